The van der Waals surface area contributed by atoms with Crippen LogP contribution in [-0.2, 0) is 19.6 Å². The Bertz CT molecular complexity index is 1210. The summed E-state index contributed by atoms with van der Waals surface area (Å²) in [6.07, 6.45) is 0. The van der Waals surface area contributed by atoms with Gasteiger partial charge in [0.25, 0.3) is 15.9 Å². The van der Waals surface area contributed by atoms with Crippen LogP contribution in [0.25, 0.3) is 0 Å². The Morgan fingerprint density at radius 2 is 1.55 bits per heavy atom. The quantitative estimate of drug-likeness (QED) is 0.481. The molecule has 0 heterocycles. The van der Waals surface area contributed by atoms with E-state index in [0.717, 1.165) is 0 Å². The number of sulfonamides is 1. The highest BCUT2D eigenvalue weighted by Crippen LogP contribution is 2.25. The normalized spacial score (nSPS) is 10.8. The van der Waals surface area contributed by atoms with Gasteiger partial charge >= 0.3 is 5.97 Å². The lowest BCUT2D eigenvalue weighted by molar-refractivity contribution is -0.118. The zero-order valence-corrected chi connectivity index (χ0v) is 19.0. The van der Waals surface area contributed by atoms with E-state index in [1.54, 1.807) is 85.8 Å². The van der Waals surface area contributed by atoms with Crippen LogP contribution >= 0.6 is 0 Å². The summed E-state index contributed by atoms with van der Waals surface area (Å²) in [6.45, 7) is 1.70. The van der Waals surface area contributed by atoms with Crippen LogP contribution in [0, 0.1) is 0 Å². The predicted octanol–water partition coefficient (Wildman–Crippen LogP) is 3.71. The molecule has 3 aromatic carbocycles. The van der Waals surface area contributed by atoms with Gasteiger partial charge < -0.3 is 14.8 Å². The van der Waals surface area contributed by atoms with Crippen molar-refractivity contribution in [1.82, 2.24) is 0 Å². The number of amides is 1. The number of ether oxygens (including phenoxy) is 2. The summed E-state index contributed by atoms with van der Waals surface area (Å²) in [5, 5.41) is 2.62. The molecule has 0 aromatic heterocycles. The molecule has 0 radical (unpaired) electrons. The number of carbonyl (C=O) groups excluding carboxylic acids is 2. The van der Waals surface area contributed by atoms with E-state index in [2.05, 4.69) is 5.32 Å². The van der Waals surface area contributed by atoms with Crippen LogP contribution in [0.1, 0.15) is 17.3 Å². The van der Waals surface area contributed by atoms with Gasteiger partial charge in [-0.1, -0.05) is 30.3 Å². The second-order valence-electron chi connectivity index (χ2n) is 6.85. The molecule has 0 atom stereocenters. The van der Waals surface area contributed by atoms with E-state index < -0.39 is 21.9 Å². The number of esters is 1. The summed E-state index contributed by atoms with van der Waals surface area (Å²) in [5.41, 5.74) is 1.03. The van der Waals surface area contributed by atoms with Crippen molar-refractivity contribution in [2.45, 2.75) is 11.8 Å². The van der Waals surface area contributed by atoms with Crippen LogP contribution in [0.4, 0.5) is 11.4 Å². The number of hydrogen-bond acceptors (Lipinski definition) is 6. The van der Waals surface area contributed by atoms with E-state index in [-0.39, 0.29) is 23.6 Å². The summed E-state index contributed by atoms with van der Waals surface area (Å²) >= 11 is 0. The topological polar surface area (TPSA) is 102 Å². The van der Waals surface area contributed by atoms with Gasteiger partial charge in [-0.25, -0.2) is 13.2 Å². The first-order valence-corrected chi connectivity index (χ1v) is 11.6. The maximum atomic E-state index is 12.9. The van der Waals surface area contributed by atoms with Crippen LogP contribution in [0.15, 0.2) is 83.8 Å². The molecule has 0 aliphatic rings. The highest BCUT2D eigenvalue weighted by molar-refractivity contribution is 7.92. The number of nitrogens with zero attached hydrogens (tertiary/aromatic N) is 1. The van der Waals surface area contributed by atoms with E-state index in [1.807, 2.05) is 0 Å². The minimum Gasteiger partial charge on any atom is -0.484 e. The Morgan fingerprint density at radius 3 is 2.18 bits per heavy atom. The average Bonchev–Trinajstić information content (AvgIpc) is 2.84. The van der Waals surface area contributed by atoms with Crippen molar-refractivity contribution in [2.75, 3.05) is 29.9 Å². The van der Waals surface area contributed by atoms with Crippen LogP contribution in [0.3, 0.4) is 0 Å². The summed E-state index contributed by atoms with van der Waals surface area (Å²) in [4.78, 5) is 24.3. The van der Waals surface area contributed by atoms with Gasteiger partial charge in [0.05, 0.1) is 28.9 Å². The van der Waals surface area contributed by atoms with E-state index in [0.29, 0.717) is 17.1 Å². The number of anilines is 2. The van der Waals surface area contributed by atoms with Gasteiger partial charge in [0, 0.05) is 6.54 Å². The number of para-hydroxylation sites is 1. The molecule has 1 N–H and O–H groups in total. The molecule has 9 heteroatoms. The van der Waals surface area contributed by atoms with Crippen molar-refractivity contribution < 1.29 is 27.5 Å². The molecular weight excluding hydrogens is 444 g/mol. The highest BCUT2D eigenvalue weighted by Gasteiger charge is 2.23. The van der Waals surface area contributed by atoms with Gasteiger partial charge in [0.15, 0.2) is 6.61 Å². The van der Waals surface area contributed by atoms with Gasteiger partial charge in [0.1, 0.15) is 5.75 Å². The fraction of sp³-hybridized carbons (Fsp3) is 0.167. The van der Waals surface area contributed by atoms with Crippen molar-refractivity contribution in [3.63, 3.8) is 0 Å². The smallest absolute Gasteiger partial charge is 0.339 e. The second-order valence-corrected chi connectivity index (χ2v) is 8.71. The summed E-state index contributed by atoms with van der Waals surface area (Å²) in [5.74, 6) is -0.631. The molecule has 0 saturated carbocycles. The zero-order chi connectivity index (χ0) is 23.8. The van der Waals surface area contributed by atoms with E-state index in [9.17, 15) is 18.0 Å². The van der Waals surface area contributed by atoms with Crippen LogP contribution < -0.4 is 14.4 Å². The van der Waals surface area contributed by atoms with Crippen LogP contribution in [0.5, 0.6) is 5.75 Å². The van der Waals surface area contributed by atoms with Gasteiger partial charge in [-0.2, -0.15) is 0 Å². The van der Waals surface area contributed by atoms with E-state index in [4.69, 9.17) is 9.47 Å². The van der Waals surface area contributed by atoms with Gasteiger partial charge in [-0.05, 0) is 55.5 Å². The van der Waals surface area contributed by atoms with Crippen LogP contribution in [-0.4, -0.2) is 40.6 Å². The van der Waals surface area contributed by atoms with Crippen molar-refractivity contribution in [3.8, 4) is 5.75 Å². The zero-order valence-electron chi connectivity index (χ0n) is 18.2. The number of methoxy groups -OCH3 is 1. The Labute approximate surface area is 192 Å². The lowest BCUT2D eigenvalue weighted by Crippen LogP contribution is -2.30. The minimum atomic E-state index is -3.70. The van der Waals surface area contributed by atoms with Crippen molar-refractivity contribution in [2.24, 2.45) is 0 Å². The average molecular weight is 469 g/mol. The van der Waals surface area contributed by atoms with Crippen molar-refractivity contribution >= 4 is 33.3 Å². The first kappa shape index (κ1) is 23.8. The first-order chi connectivity index (χ1) is 15.9. The molecule has 0 saturated heterocycles. The Balaban J connectivity index is 1.65. The Hall–Kier alpha value is -3.85. The SMILES string of the molecule is CCN(c1ccc(OCC(=O)Nc2ccccc2C(=O)OC)cc1)S(=O)(=O)c1ccccc1. The standard InChI is InChI=1S/C24H24N2O6S/c1-3-26(33(29,30)20-9-5-4-6-10-20)18-13-15-19(16-14-18)32-17-23(27)25-22-12-8-7-11-21(22)24(28)31-2/h4-16H,3,17H2,1-2H3,(H,25,27). The van der Waals surface area contributed by atoms with Gasteiger partial charge in [0.2, 0.25) is 0 Å². The Morgan fingerprint density at radius 1 is 0.909 bits per heavy atom. The fourth-order valence-corrected chi connectivity index (χ4v) is 4.63. The molecular formula is C24H24N2O6S. The van der Waals surface area contributed by atoms with Gasteiger partial charge in [-0.3, -0.25) is 9.10 Å². The molecule has 0 aliphatic carbocycles. The van der Waals surface area contributed by atoms with E-state index in [1.165, 1.54) is 11.4 Å². The number of benzene rings is 3. The Kier molecular flexibility index (Phi) is 7.68. The molecule has 0 spiro atoms. The molecule has 0 bridgehead atoms. The third-order valence-electron chi connectivity index (χ3n) is 4.72. The minimum absolute atomic E-state index is 0.205. The molecule has 3 rings (SSSR count). The molecule has 33 heavy (non-hydrogen) atoms. The lowest BCUT2D eigenvalue weighted by atomic mass is 10.2. The van der Waals surface area contributed by atoms with Gasteiger partial charge in [-0.15, -0.1) is 0 Å². The van der Waals surface area contributed by atoms with Crippen molar-refractivity contribution in [1.29, 1.82) is 0 Å². The molecule has 172 valence electrons. The summed E-state index contributed by atoms with van der Waals surface area (Å²) < 4.78 is 37.4. The molecule has 0 fully saturated rings. The molecule has 0 aliphatic heterocycles. The lowest BCUT2D eigenvalue weighted by Gasteiger charge is -2.23. The molecule has 1 amide bonds. The fourth-order valence-electron chi connectivity index (χ4n) is 3.13. The summed E-state index contributed by atoms with van der Waals surface area (Å²) in [7, 11) is -2.44. The number of carbonyl (C=O) groups is 2. The first-order valence-electron chi connectivity index (χ1n) is 10.1. The van der Waals surface area contributed by atoms with Crippen molar-refractivity contribution in [3.05, 3.63) is 84.4 Å². The summed E-state index contributed by atoms with van der Waals surface area (Å²) in [6, 6.07) is 21.1. The molecule has 8 nitrogen and oxygen atoms in total. The third kappa shape index (κ3) is 5.69. The molecule has 0 unspecified atom stereocenters. The van der Waals surface area contributed by atoms with Crippen LogP contribution in [0.2, 0.25) is 0 Å². The largest absolute Gasteiger partial charge is 0.484 e. The maximum Gasteiger partial charge on any atom is 0.339 e. The number of rotatable bonds is 9. The highest BCUT2D eigenvalue weighted by atomic mass is 32.2. The van der Waals surface area contributed by atoms with E-state index >= 15 is 0 Å². The number of hydrogen-bond donors (Lipinski definition) is 1. The predicted molar refractivity (Wildman–Crippen MR) is 125 cm³/mol. The molecule has 3 aromatic rings. The third-order valence-corrected chi connectivity index (χ3v) is 6.64. The number of nitrogens with one attached hydrogen (secondary N) is 1. The second kappa shape index (κ2) is 10.6. The monoisotopic (exact) mass is 468 g/mol. The maximum absolute atomic E-state index is 12.9.